The molecule has 1 heterocycles. The zero-order valence-corrected chi connectivity index (χ0v) is 12.5. The monoisotopic (exact) mass is 274 g/mol. The lowest BCUT2D eigenvalue weighted by atomic mass is 10.1. The van der Waals surface area contributed by atoms with Gasteiger partial charge in [-0.2, -0.15) is 0 Å². The molecule has 20 heavy (non-hydrogen) atoms. The van der Waals surface area contributed by atoms with Crippen LogP contribution < -0.4 is 10.6 Å². The van der Waals surface area contributed by atoms with E-state index in [0.717, 1.165) is 12.1 Å². The number of rotatable bonds is 6. The highest BCUT2D eigenvalue weighted by Gasteiger charge is 2.10. The largest absolute Gasteiger partial charge is 0.406 e. The van der Waals surface area contributed by atoms with E-state index in [1.165, 1.54) is 11.1 Å². The second-order valence-corrected chi connectivity index (χ2v) is 5.12. The van der Waals surface area contributed by atoms with Crippen molar-refractivity contribution in [2.24, 2.45) is 0 Å². The van der Waals surface area contributed by atoms with E-state index in [2.05, 4.69) is 66.7 Å². The zero-order valence-electron chi connectivity index (χ0n) is 12.5. The molecule has 0 fully saturated rings. The highest BCUT2D eigenvalue weighted by Crippen LogP contribution is 2.24. The molecule has 1 aromatic carbocycles. The van der Waals surface area contributed by atoms with Gasteiger partial charge < -0.3 is 15.1 Å². The summed E-state index contributed by atoms with van der Waals surface area (Å²) in [5, 5.41) is 14.5. The number of anilines is 2. The van der Waals surface area contributed by atoms with Crippen LogP contribution in [0.25, 0.3) is 0 Å². The first-order valence-electron chi connectivity index (χ1n) is 7.01. The molecular formula is C15H22N4O. The van der Waals surface area contributed by atoms with Crippen LogP contribution in [0, 0.1) is 6.92 Å². The topological polar surface area (TPSA) is 63.0 Å². The van der Waals surface area contributed by atoms with Gasteiger partial charge in [-0.15, -0.1) is 5.10 Å². The van der Waals surface area contributed by atoms with Crippen LogP contribution in [0.4, 0.5) is 11.7 Å². The van der Waals surface area contributed by atoms with Gasteiger partial charge in [0.2, 0.25) is 5.89 Å². The Bertz CT molecular complexity index is 563. The van der Waals surface area contributed by atoms with Crippen LogP contribution >= 0.6 is 0 Å². The summed E-state index contributed by atoms with van der Waals surface area (Å²) in [5.41, 5.74) is 3.47. The Balaban J connectivity index is 2.11. The minimum absolute atomic E-state index is 0.390. The molecule has 0 atom stereocenters. The second-order valence-electron chi connectivity index (χ2n) is 5.12. The minimum Gasteiger partial charge on any atom is -0.406 e. The lowest BCUT2D eigenvalue weighted by molar-refractivity contribution is 0.460. The molecule has 0 aliphatic heterocycles. The lowest BCUT2D eigenvalue weighted by Gasteiger charge is -2.10. The summed E-state index contributed by atoms with van der Waals surface area (Å²) in [6.07, 6.45) is 0.958. The lowest BCUT2D eigenvalue weighted by Crippen LogP contribution is -2.21. The maximum Gasteiger partial charge on any atom is 0.320 e. The number of benzene rings is 1. The van der Waals surface area contributed by atoms with Gasteiger partial charge in [0.05, 0.1) is 6.54 Å². The highest BCUT2D eigenvalue weighted by atomic mass is 16.4. The number of nitrogens with one attached hydrogen (secondary N) is 2. The summed E-state index contributed by atoms with van der Waals surface area (Å²) in [5.74, 6) is 0.591. The molecule has 0 saturated carbocycles. The van der Waals surface area contributed by atoms with Gasteiger partial charge in [-0.1, -0.05) is 44.1 Å². The number of aryl methyl sites for hydroxylation is 2. The van der Waals surface area contributed by atoms with Gasteiger partial charge in [0.25, 0.3) is 0 Å². The van der Waals surface area contributed by atoms with Gasteiger partial charge in [0.1, 0.15) is 0 Å². The minimum atomic E-state index is 0.390. The van der Waals surface area contributed by atoms with Crippen LogP contribution in [0.5, 0.6) is 0 Å². The first-order valence-corrected chi connectivity index (χ1v) is 7.01. The van der Waals surface area contributed by atoms with E-state index in [1.807, 2.05) is 0 Å². The van der Waals surface area contributed by atoms with E-state index >= 15 is 0 Å². The quantitative estimate of drug-likeness (QED) is 0.847. The van der Waals surface area contributed by atoms with E-state index in [9.17, 15) is 0 Å². The van der Waals surface area contributed by atoms with Crippen molar-refractivity contribution < 1.29 is 4.42 Å². The van der Waals surface area contributed by atoms with E-state index in [1.54, 1.807) is 0 Å². The van der Waals surface area contributed by atoms with Gasteiger partial charge in [0.15, 0.2) is 0 Å². The number of para-hydroxylation sites is 1. The normalized spacial score (nSPS) is 11.1. The smallest absolute Gasteiger partial charge is 0.320 e. The Morgan fingerprint density at radius 1 is 1.25 bits per heavy atom. The third kappa shape index (κ3) is 3.57. The van der Waals surface area contributed by atoms with Gasteiger partial charge in [-0.25, -0.2) is 0 Å². The molecule has 2 rings (SSSR count). The fraction of sp³-hybridized carbons (Fsp3) is 0.467. The first-order chi connectivity index (χ1) is 9.60. The summed E-state index contributed by atoms with van der Waals surface area (Å²) in [7, 11) is 0. The molecule has 1 aromatic heterocycles. The molecular weight excluding hydrogens is 252 g/mol. The van der Waals surface area contributed by atoms with Crippen molar-refractivity contribution in [3.05, 3.63) is 35.2 Å². The van der Waals surface area contributed by atoms with Crippen LogP contribution in [0.3, 0.4) is 0 Å². The average molecular weight is 274 g/mol. The van der Waals surface area contributed by atoms with Crippen LogP contribution in [-0.4, -0.2) is 16.2 Å². The molecule has 0 aliphatic carbocycles. The van der Waals surface area contributed by atoms with Crippen molar-refractivity contribution in [2.45, 2.75) is 46.7 Å². The standard InChI is InChI=1S/C15H22N4O/c1-5-12-8-6-7-11(4)14(12)17-15-19-18-13(20-15)9-16-10(2)3/h6-8,10,16H,5,9H2,1-4H3,(H,17,19). The van der Waals surface area contributed by atoms with E-state index in [4.69, 9.17) is 4.42 Å². The molecule has 0 aliphatic rings. The Kier molecular flexibility index (Phi) is 4.74. The summed E-state index contributed by atoms with van der Waals surface area (Å²) >= 11 is 0. The van der Waals surface area contributed by atoms with Crippen molar-refractivity contribution in [3.63, 3.8) is 0 Å². The number of hydrogen-bond acceptors (Lipinski definition) is 5. The molecule has 108 valence electrons. The highest BCUT2D eigenvalue weighted by molar-refractivity contribution is 5.62. The fourth-order valence-electron chi connectivity index (χ4n) is 1.98. The Labute approximate surface area is 119 Å². The predicted octanol–water partition coefficient (Wildman–Crippen LogP) is 3.18. The first kappa shape index (κ1) is 14.5. The molecule has 5 heteroatoms. The zero-order chi connectivity index (χ0) is 14.5. The average Bonchev–Trinajstić information content (AvgIpc) is 2.86. The molecule has 2 N–H and O–H groups in total. The molecule has 0 amide bonds. The summed E-state index contributed by atoms with van der Waals surface area (Å²) in [4.78, 5) is 0. The van der Waals surface area contributed by atoms with Crippen LogP contribution in [0.1, 0.15) is 37.8 Å². The van der Waals surface area contributed by atoms with E-state index in [-0.39, 0.29) is 0 Å². The Morgan fingerprint density at radius 3 is 2.75 bits per heavy atom. The maximum absolute atomic E-state index is 5.60. The van der Waals surface area contributed by atoms with E-state index in [0.29, 0.717) is 24.5 Å². The molecule has 0 spiro atoms. The van der Waals surface area contributed by atoms with Gasteiger partial charge in [-0.3, -0.25) is 0 Å². The summed E-state index contributed by atoms with van der Waals surface area (Å²) < 4.78 is 5.60. The van der Waals surface area contributed by atoms with Gasteiger partial charge in [-0.05, 0) is 24.5 Å². The molecule has 0 saturated heterocycles. The number of nitrogens with zero attached hydrogens (tertiary/aromatic N) is 2. The maximum atomic E-state index is 5.60. The summed E-state index contributed by atoms with van der Waals surface area (Å²) in [6, 6.07) is 7.06. The van der Waals surface area contributed by atoms with Gasteiger partial charge >= 0.3 is 6.01 Å². The van der Waals surface area contributed by atoms with Crippen LogP contribution in [0.2, 0.25) is 0 Å². The predicted molar refractivity (Wildman–Crippen MR) is 80.1 cm³/mol. The molecule has 2 aromatic rings. The number of aromatic nitrogens is 2. The van der Waals surface area contributed by atoms with Crippen LogP contribution in [0.15, 0.2) is 22.6 Å². The molecule has 5 nitrogen and oxygen atoms in total. The fourth-order valence-corrected chi connectivity index (χ4v) is 1.98. The number of hydrogen-bond donors (Lipinski definition) is 2. The third-order valence-electron chi connectivity index (χ3n) is 3.10. The molecule has 0 bridgehead atoms. The Morgan fingerprint density at radius 2 is 2.05 bits per heavy atom. The van der Waals surface area contributed by atoms with Crippen molar-refractivity contribution in [1.29, 1.82) is 0 Å². The van der Waals surface area contributed by atoms with E-state index < -0.39 is 0 Å². The molecule has 0 radical (unpaired) electrons. The van der Waals surface area contributed by atoms with Gasteiger partial charge in [0, 0.05) is 11.7 Å². The summed E-state index contributed by atoms with van der Waals surface area (Å²) in [6.45, 7) is 8.94. The van der Waals surface area contributed by atoms with Crippen molar-refractivity contribution in [1.82, 2.24) is 15.5 Å². The second kappa shape index (κ2) is 6.52. The SMILES string of the molecule is CCc1cccc(C)c1Nc1nnc(CNC(C)C)o1. The Hall–Kier alpha value is -1.88. The third-order valence-corrected chi connectivity index (χ3v) is 3.10. The van der Waals surface area contributed by atoms with Crippen molar-refractivity contribution in [2.75, 3.05) is 5.32 Å². The molecule has 0 unspecified atom stereocenters. The van der Waals surface area contributed by atoms with Crippen LogP contribution in [-0.2, 0) is 13.0 Å². The van der Waals surface area contributed by atoms with Crippen molar-refractivity contribution in [3.8, 4) is 0 Å². The van der Waals surface area contributed by atoms with Crippen molar-refractivity contribution >= 4 is 11.7 Å².